The molecule has 0 radical (unpaired) electrons. The second-order valence-corrected chi connectivity index (χ2v) is 7.44. The van der Waals surface area contributed by atoms with Crippen molar-refractivity contribution < 1.29 is 8.42 Å². The minimum absolute atomic E-state index is 0.0821. The van der Waals surface area contributed by atoms with E-state index in [-0.39, 0.29) is 10.9 Å². The summed E-state index contributed by atoms with van der Waals surface area (Å²) in [6.07, 6.45) is 7.34. The summed E-state index contributed by atoms with van der Waals surface area (Å²) in [4.78, 5) is 4.21. The first-order valence-corrected chi connectivity index (χ1v) is 8.52. The zero-order chi connectivity index (χ0) is 14.8. The van der Waals surface area contributed by atoms with E-state index in [9.17, 15) is 8.42 Å². The maximum absolute atomic E-state index is 12.8. The van der Waals surface area contributed by atoms with Crippen LogP contribution in [0, 0.1) is 5.92 Å². The number of nitrogens with zero attached hydrogens (tertiary/aromatic N) is 2. The Hall–Kier alpha value is -1.14. The van der Waals surface area contributed by atoms with Crippen molar-refractivity contribution in [3.05, 3.63) is 18.5 Å². The van der Waals surface area contributed by atoms with E-state index in [1.807, 2.05) is 0 Å². The van der Waals surface area contributed by atoms with Gasteiger partial charge in [0.15, 0.2) is 0 Å². The summed E-state index contributed by atoms with van der Waals surface area (Å²) >= 11 is 0. The molecule has 112 valence electrons. The molecule has 1 aliphatic rings. The second kappa shape index (κ2) is 6.10. The maximum atomic E-state index is 12.8. The van der Waals surface area contributed by atoms with E-state index in [2.05, 4.69) is 17.2 Å². The van der Waals surface area contributed by atoms with Crippen molar-refractivity contribution in [3.8, 4) is 0 Å². The average Bonchev–Trinajstić information content (AvgIpc) is 2.47. The molecule has 0 aromatic carbocycles. The molecule has 1 fully saturated rings. The van der Waals surface area contributed by atoms with Gasteiger partial charge in [-0.1, -0.05) is 19.8 Å². The third kappa shape index (κ3) is 2.81. The number of hydrogen-bond acceptors (Lipinski definition) is 4. The van der Waals surface area contributed by atoms with Crippen molar-refractivity contribution in [1.29, 1.82) is 0 Å². The molecule has 1 saturated carbocycles. The van der Waals surface area contributed by atoms with E-state index in [4.69, 9.17) is 0 Å². The van der Waals surface area contributed by atoms with Gasteiger partial charge in [0.25, 0.3) is 0 Å². The lowest BCUT2D eigenvalue weighted by Crippen LogP contribution is -2.42. The number of anilines is 1. The van der Waals surface area contributed by atoms with Gasteiger partial charge in [-0.25, -0.2) is 8.42 Å². The average molecular weight is 297 g/mol. The molecule has 2 rings (SSSR count). The molecule has 0 amide bonds. The van der Waals surface area contributed by atoms with Crippen LogP contribution in [0.2, 0.25) is 0 Å². The predicted molar refractivity (Wildman–Crippen MR) is 80.2 cm³/mol. The molecule has 5 nitrogen and oxygen atoms in total. The van der Waals surface area contributed by atoms with Gasteiger partial charge in [-0.15, -0.1) is 0 Å². The van der Waals surface area contributed by atoms with Gasteiger partial charge in [-0.3, -0.25) is 4.98 Å². The highest BCUT2D eigenvalue weighted by Gasteiger charge is 2.34. The fourth-order valence-electron chi connectivity index (χ4n) is 2.96. The third-order valence-electron chi connectivity index (χ3n) is 4.24. The van der Waals surface area contributed by atoms with Crippen LogP contribution in [-0.4, -0.2) is 37.8 Å². The van der Waals surface area contributed by atoms with Crippen LogP contribution in [-0.2, 0) is 10.0 Å². The lowest BCUT2D eigenvalue weighted by Gasteiger charge is -2.35. The van der Waals surface area contributed by atoms with Crippen molar-refractivity contribution in [2.45, 2.75) is 43.5 Å². The first-order valence-electron chi connectivity index (χ1n) is 7.08. The van der Waals surface area contributed by atoms with Crippen molar-refractivity contribution in [2.24, 2.45) is 5.92 Å². The molecule has 2 unspecified atom stereocenters. The fourth-order valence-corrected chi connectivity index (χ4v) is 4.58. The van der Waals surface area contributed by atoms with E-state index in [1.54, 1.807) is 26.4 Å². The van der Waals surface area contributed by atoms with E-state index >= 15 is 0 Å². The van der Waals surface area contributed by atoms with E-state index < -0.39 is 10.0 Å². The smallest absolute Gasteiger partial charge is 0.246 e. The SMILES string of the molecule is CNc1ccncc1S(=O)(=O)N(C)C1CCCCC1C. The third-order valence-corrected chi connectivity index (χ3v) is 6.15. The highest BCUT2D eigenvalue weighted by atomic mass is 32.2. The molecule has 1 aliphatic carbocycles. The Bertz CT molecular complexity index is 559. The van der Waals surface area contributed by atoms with Crippen molar-refractivity contribution in [1.82, 2.24) is 9.29 Å². The Balaban J connectivity index is 2.34. The minimum Gasteiger partial charge on any atom is -0.387 e. The van der Waals surface area contributed by atoms with Crippen LogP contribution in [0.15, 0.2) is 23.4 Å². The van der Waals surface area contributed by atoms with Crippen LogP contribution < -0.4 is 5.32 Å². The summed E-state index contributed by atoms with van der Waals surface area (Å²) in [5.41, 5.74) is 0.593. The molecule has 1 aromatic heterocycles. The van der Waals surface area contributed by atoms with Crippen LogP contribution in [0.1, 0.15) is 32.6 Å². The summed E-state index contributed by atoms with van der Waals surface area (Å²) < 4.78 is 27.1. The lowest BCUT2D eigenvalue weighted by molar-refractivity contribution is 0.213. The summed E-state index contributed by atoms with van der Waals surface area (Å²) in [6.45, 7) is 2.14. The number of rotatable bonds is 4. The topological polar surface area (TPSA) is 62.3 Å². The Morgan fingerprint density at radius 1 is 1.35 bits per heavy atom. The maximum Gasteiger partial charge on any atom is 0.246 e. The van der Waals surface area contributed by atoms with Gasteiger partial charge in [-0.05, 0) is 24.8 Å². The fraction of sp³-hybridized carbons (Fsp3) is 0.643. The molecule has 1 heterocycles. The van der Waals surface area contributed by atoms with Gasteiger partial charge in [0, 0.05) is 32.5 Å². The van der Waals surface area contributed by atoms with Crippen molar-refractivity contribution in [3.63, 3.8) is 0 Å². The van der Waals surface area contributed by atoms with Gasteiger partial charge in [-0.2, -0.15) is 4.31 Å². The Kier molecular flexibility index (Phi) is 4.65. The van der Waals surface area contributed by atoms with Gasteiger partial charge in [0.1, 0.15) is 4.90 Å². The summed E-state index contributed by atoms with van der Waals surface area (Å²) in [5, 5.41) is 2.92. The number of aromatic nitrogens is 1. The molecule has 0 saturated heterocycles. The van der Waals surface area contributed by atoms with Gasteiger partial charge < -0.3 is 5.32 Å². The summed E-state index contributed by atoms with van der Waals surface area (Å²) in [6, 6.07) is 1.77. The van der Waals surface area contributed by atoms with Gasteiger partial charge >= 0.3 is 0 Å². The molecule has 0 bridgehead atoms. The molecule has 20 heavy (non-hydrogen) atoms. The van der Waals surface area contributed by atoms with Gasteiger partial charge in [0.2, 0.25) is 10.0 Å². The molecule has 1 N–H and O–H groups in total. The molecule has 6 heteroatoms. The van der Waals surface area contributed by atoms with Gasteiger partial charge in [0.05, 0.1) is 5.69 Å². The standard InChI is InChI=1S/C14H23N3O2S/c1-11-6-4-5-7-13(11)17(3)20(18,19)14-10-16-9-8-12(14)15-2/h8-11,13H,4-7H2,1-3H3,(H,15,16). The Labute approximate surface area is 121 Å². The van der Waals surface area contributed by atoms with E-state index in [0.29, 0.717) is 11.6 Å². The van der Waals surface area contributed by atoms with Crippen LogP contribution in [0.25, 0.3) is 0 Å². The summed E-state index contributed by atoms with van der Waals surface area (Å²) in [5.74, 6) is 0.401. The number of nitrogens with one attached hydrogen (secondary N) is 1. The minimum atomic E-state index is -3.51. The lowest BCUT2D eigenvalue weighted by atomic mass is 9.86. The number of pyridine rings is 1. The van der Waals surface area contributed by atoms with Crippen LogP contribution in [0.5, 0.6) is 0 Å². The number of sulfonamides is 1. The quantitative estimate of drug-likeness (QED) is 0.926. The predicted octanol–water partition coefficient (Wildman–Crippen LogP) is 2.32. The van der Waals surface area contributed by atoms with E-state index in [1.165, 1.54) is 16.9 Å². The zero-order valence-electron chi connectivity index (χ0n) is 12.3. The van der Waals surface area contributed by atoms with Crippen molar-refractivity contribution in [2.75, 3.05) is 19.4 Å². The molecule has 1 aromatic rings. The van der Waals surface area contributed by atoms with E-state index in [0.717, 1.165) is 19.3 Å². The normalized spacial score (nSPS) is 23.8. The zero-order valence-corrected chi connectivity index (χ0v) is 13.2. The van der Waals surface area contributed by atoms with Crippen LogP contribution >= 0.6 is 0 Å². The molecular formula is C14H23N3O2S. The number of hydrogen-bond donors (Lipinski definition) is 1. The highest BCUT2D eigenvalue weighted by molar-refractivity contribution is 7.89. The largest absolute Gasteiger partial charge is 0.387 e. The molecule has 0 spiro atoms. The van der Waals surface area contributed by atoms with Crippen LogP contribution in [0.4, 0.5) is 5.69 Å². The highest BCUT2D eigenvalue weighted by Crippen LogP contribution is 2.32. The van der Waals surface area contributed by atoms with Crippen LogP contribution in [0.3, 0.4) is 0 Å². The molecular weight excluding hydrogens is 274 g/mol. The monoisotopic (exact) mass is 297 g/mol. The Morgan fingerprint density at radius 3 is 2.70 bits per heavy atom. The Morgan fingerprint density at radius 2 is 2.05 bits per heavy atom. The first kappa shape index (κ1) is 15.3. The van der Waals surface area contributed by atoms with Crippen molar-refractivity contribution >= 4 is 15.7 Å². The molecule has 0 aliphatic heterocycles. The second-order valence-electron chi connectivity index (χ2n) is 5.47. The summed E-state index contributed by atoms with van der Waals surface area (Å²) in [7, 11) is -0.0974. The first-order chi connectivity index (χ1) is 9.48. The molecule has 2 atom stereocenters.